The Bertz CT molecular complexity index is 459. The predicted molar refractivity (Wildman–Crippen MR) is 61.5 cm³/mol. The fourth-order valence-corrected chi connectivity index (χ4v) is 2.02. The molecule has 0 saturated carbocycles. The Kier molecular flexibility index (Phi) is 3.24. The number of hydrogen-bond acceptors (Lipinski definition) is 4. The van der Waals surface area contributed by atoms with Crippen LogP contribution in [0.5, 0.6) is 0 Å². The maximum absolute atomic E-state index is 10.8. The van der Waals surface area contributed by atoms with E-state index in [1.165, 1.54) is 0 Å². The van der Waals surface area contributed by atoms with Crippen molar-refractivity contribution < 1.29 is 9.90 Å². The minimum atomic E-state index is -0.719. The molecule has 1 aliphatic rings. The Labute approximate surface area is 99.3 Å². The highest BCUT2D eigenvalue weighted by molar-refractivity contribution is 5.70. The van der Waals surface area contributed by atoms with Crippen molar-refractivity contribution in [3.8, 4) is 6.07 Å². The van der Waals surface area contributed by atoms with Crippen LogP contribution in [-0.2, 0) is 4.79 Å². The first-order valence-corrected chi connectivity index (χ1v) is 5.54. The summed E-state index contributed by atoms with van der Waals surface area (Å²) in [7, 11) is 0. The van der Waals surface area contributed by atoms with E-state index in [0.717, 1.165) is 5.82 Å². The van der Waals surface area contributed by atoms with E-state index in [1.54, 1.807) is 18.3 Å². The first-order chi connectivity index (χ1) is 8.20. The summed E-state index contributed by atoms with van der Waals surface area (Å²) >= 11 is 0. The van der Waals surface area contributed by atoms with Gasteiger partial charge in [0.15, 0.2) is 0 Å². The predicted octanol–water partition coefficient (Wildman–Crippen LogP) is 1.25. The van der Waals surface area contributed by atoms with Crippen molar-refractivity contribution >= 4 is 11.8 Å². The largest absolute Gasteiger partial charge is 0.481 e. The lowest BCUT2D eigenvalue weighted by Gasteiger charge is -2.30. The van der Waals surface area contributed by atoms with Crippen molar-refractivity contribution in [3.05, 3.63) is 23.9 Å². The normalized spacial score (nSPS) is 16.5. The van der Waals surface area contributed by atoms with Gasteiger partial charge in [-0.25, -0.2) is 4.98 Å². The van der Waals surface area contributed by atoms with Gasteiger partial charge in [0.25, 0.3) is 0 Å². The lowest BCUT2D eigenvalue weighted by Crippen LogP contribution is -2.36. The zero-order valence-corrected chi connectivity index (χ0v) is 9.33. The molecule has 0 amide bonds. The first-order valence-electron chi connectivity index (χ1n) is 5.54. The highest BCUT2D eigenvalue weighted by Gasteiger charge is 2.24. The van der Waals surface area contributed by atoms with Crippen LogP contribution in [0, 0.1) is 17.2 Å². The minimum absolute atomic E-state index is 0.245. The topological polar surface area (TPSA) is 77.2 Å². The van der Waals surface area contributed by atoms with Gasteiger partial charge in [-0.05, 0) is 25.0 Å². The molecule has 1 aromatic heterocycles. The number of carboxylic acid groups (broad SMARTS) is 1. The third-order valence-electron chi connectivity index (χ3n) is 3.04. The molecular formula is C12H13N3O2. The first kappa shape index (κ1) is 11.4. The quantitative estimate of drug-likeness (QED) is 0.829. The monoisotopic (exact) mass is 231 g/mol. The van der Waals surface area contributed by atoms with Gasteiger partial charge >= 0.3 is 5.97 Å². The number of hydrogen-bond donors (Lipinski definition) is 1. The molecule has 0 aromatic carbocycles. The summed E-state index contributed by atoms with van der Waals surface area (Å²) in [5.41, 5.74) is 0.579. The molecule has 0 unspecified atom stereocenters. The van der Waals surface area contributed by atoms with Gasteiger partial charge in [-0.15, -0.1) is 0 Å². The lowest BCUT2D eigenvalue weighted by atomic mass is 9.97. The number of rotatable bonds is 2. The molecule has 5 heteroatoms. The fourth-order valence-electron chi connectivity index (χ4n) is 2.02. The number of anilines is 1. The van der Waals surface area contributed by atoms with Crippen molar-refractivity contribution in [2.45, 2.75) is 12.8 Å². The van der Waals surface area contributed by atoms with Crippen LogP contribution in [0.4, 0.5) is 5.82 Å². The van der Waals surface area contributed by atoms with Crippen molar-refractivity contribution in [2.24, 2.45) is 5.92 Å². The molecule has 0 spiro atoms. The van der Waals surface area contributed by atoms with Gasteiger partial charge < -0.3 is 10.0 Å². The Morgan fingerprint density at radius 2 is 2.24 bits per heavy atom. The van der Waals surface area contributed by atoms with Crippen LogP contribution < -0.4 is 4.90 Å². The van der Waals surface area contributed by atoms with Gasteiger partial charge in [-0.3, -0.25) is 4.79 Å². The average Bonchev–Trinajstić information content (AvgIpc) is 2.39. The van der Waals surface area contributed by atoms with Crippen molar-refractivity contribution in [1.29, 1.82) is 5.26 Å². The van der Waals surface area contributed by atoms with Crippen LogP contribution in [0.15, 0.2) is 18.3 Å². The molecule has 5 nitrogen and oxygen atoms in total. The number of nitrogens with zero attached hydrogens (tertiary/aromatic N) is 3. The Morgan fingerprint density at radius 1 is 1.53 bits per heavy atom. The van der Waals surface area contributed by atoms with Crippen LogP contribution in [0.1, 0.15) is 18.4 Å². The maximum Gasteiger partial charge on any atom is 0.306 e. The molecule has 1 saturated heterocycles. The fraction of sp³-hybridized carbons (Fsp3) is 0.417. The van der Waals surface area contributed by atoms with Crippen molar-refractivity contribution in [3.63, 3.8) is 0 Å². The molecule has 2 rings (SSSR count). The van der Waals surface area contributed by atoms with E-state index in [-0.39, 0.29) is 5.92 Å². The molecule has 1 fully saturated rings. The molecule has 17 heavy (non-hydrogen) atoms. The molecular weight excluding hydrogens is 218 g/mol. The number of carboxylic acids is 1. The standard InChI is InChI=1S/C12H13N3O2/c13-8-9-1-4-14-11(7-9)15-5-2-10(3-6-15)12(16)17/h1,4,7,10H,2-3,5-6H2,(H,16,17). The zero-order chi connectivity index (χ0) is 12.3. The lowest BCUT2D eigenvalue weighted by molar-refractivity contribution is -0.142. The number of aliphatic carboxylic acids is 1. The summed E-state index contributed by atoms with van der Waals surface area (Å²) in [6, 6.07) is 5.47. The summed E-state index contributed by atoms with van der Waals surface area (Å²) in [6.45, 7) is 1.36. The Balaban J connectivity index is 2.05. The highest BCUT2D eigenvalue weighted by atomic mass is 16.4. The highest BCUT2D eigenvalue weighted by Crippen LogP contribution is 2.22. The molecule has 0 atom stereocenters. The Hall–Kier alpha value is -2.09. The second-order valence-electron chi connectivity index (χ2n) is 4.11. The van der Waals surface area contributed by atoms with Crippen LogP contribution in [-0.4, -0.2) is 29.1 Å². The van der Waals surface area contributed by atoms with E-state index in [2.05, 4.69) is 11.1 Å². The SMILES string of the molecule is N#Cc1ccnc(N2CCC(C(=O)O)CC2)c1. The van der Waals surface area contributed by atoms with E-state index in [9.17, 15) is 4.79 Å². The summed E-state index contributed by atoms with van der Waals surface area (Å²) in [5, 5.41) is 17.7. The van der Waals surface area contributed by atoms with Crippen LogP contribution in [0.2, 0.25) is 0 Å². The zero-order valence-electron chi connectivity index (χ0n) is 9.33. The van der Waals surface area contributed by atoms with Gasteiger partial charge in [-0.1, -0.05) is 0 Å². The van der Waals surface area contributed by atoms with Gasteiger partial charge in [0.2, 0.25) is 0 Å². The van der Waals surface area contributed by atoms with E-state index in [1.807, 2.05) is 4.90 Å². The maximum atomic E-state index is 10.8. The smallest absolute Gasteiger partial charge is 0.306 e. The second-order valence-corrected chi connectivity index (χ2v) is 4.11. The molecule has 2 heterocycles. The molecule has 0 radical (unpaired) electrons. The van der Waals surface area contributed by atoms with Gasteiger partial charge in [-0.2, -0.15) is 5.26 Å². The van der Waals surface area contributed by atoms with Gasteiger partial charge in [0.05, 0.1) is 17.6 Å². The van der Waals surface area contributed by atoms with Crippen molar-refractivity contribution in [1.82, 2.24) is 4.98 Å². The summed E-state index contributed by atoms with van der Waals surface area (Å²) in [5.74, 6) is -0.207. The number of aromatic nitrogens is 1. The van der Waals surface area contributed by atoms with E-state index >= 15 is 0 Å². The summed E-state index contributed by atoms with van der Waals surface area (Å²) < 4.78 is 0. The molecule has 1 aliphatic heterocycles. The number of nitriles is 1. The summed E-state index contributed by atoms with van der Waals surface area (Å²) in [6.07, 6.45) is 2.87. The van der Waals surface area contributed by atoms with E-state index in [4.69, 9.17) is 10.4 Å². The number of pyridine rings is 1. The van der Waals surface area contributed by atoms with Crippen LogP contribution in [0.3, 0.4) is 0 Å². The molecule has 0 bridgehead atoms. The third kappa shape index (κ3) is 2.53. The third-order valence-corrected chi connectivity index (χ3v) is 3.04. The molecule has 0 aliphatic carbocycles. The van der Waals surface area contributed by atoms with Gasteiger partial charge in [0.1, 0.15) is 5.82 Å². The van der Waals surface area contributed by atoms with Gasteiger partial charge in [0, 0.05) is 19.3 Å². The molecule has 1 N–H and O–H groups in total. The Morgan fingerprint density at radius 3 is 2.82 bits per heavy atom. The number of piperidine rings is 1. The number of carbonyl (C=O) groups is 1. The average molecular weight is 231 g/mol. The summed E-state index contributed by atoms with van der Waals surface area (Å²) in [4.78, 5) is 17.1. The van der Waals surface area contributed by atoms with Crippen LogP contribution in [0.25, 0.3) is 0 Å². The molecule has 88 valence electrons. The van der Waals surface area contributed by atoms with Crippen LogP contribution >= 0.6 is 0 Å². The van der Waals surface area contributed by atoms with E-state index in [0.29, 0.717) is 31.5 Å². The minimum Gasteiger partial charge on any atom is -0.481 e. The second kappa shape index (κ2) is 4.83. The van der Waals surface area contributed by atoms with Crippen molar-refractivity contribution in [2.75, 3.05) is 18.0 Å². The molecule has 1 aromatic rings. The van der Waals surface area contributed by atoms with E-state index < -0.39 is 5.97 Å².